The van der Waals surface area contributed by atoms with Crippen molar-refractivity contribution in [2.75, 3.05) is 45.1 Å². The van der Waals surface area contributed by atoms with Crippen LogP contribution in [-0.2, 0) is 0 Å². The number of ether oxygens (including phenoxy) is 1. The van der Waals surface area contributed by atoms with Gasteiger partial charge in [0.15, 0.2) is 0 Å². The zero-order valence-electron chi connectivity index (χ0n) is 12.8. The van der Waals surface area contributed by atoms with Crippen LogP contribution in [0.25, 0.3) is 11.1 Å². The monoisotopic (exact) mass is 269 g/mol. The predicted octanol–water partition coefficient (Wildman–Crippen LogP) is 3.29. The van der Waals surface area contributed by atoms with E-state index in [2.05, 4.69) is 46.2 Å². The van der Waals surface area contributed by atoms with Crippen LogP contribution in [0.5, 0.6) is 5.75 Å². The van der Waals surface area contributed by atoms with Crippen LogP contribution >= 0.6 is 0 Å². The molecule has 0 bridgehead atoms. The summed E-state index contributed by atoms with van der Waals surface area (Å²) in [6.07, 6.45) is 0. The molecule has 20 heavy (non-hydrogen) atoms. The minimum Gasteiger partial charge on any atom is -0.495 e. The lowest BCUT2D eigenvalue weighted by Gasteiger charge is -2.20. The molecule has 0 saturated heterocycles. The molecular formula is C17H21N2O. The molecule has 0 aliphatic heterocycles. The van der Waals surface area contributed by atoms with E-state index in [0.29, 0.717) is 0 Å². The quantitative estimate of drug-likeness (QED) is 0.847. The molecule has 0 aromatic heterocycles. The summed E-state index contributed by atoms with van der Waals surface area (Å²) in [4.78, 5) is 4.18. The third kappa shape index (κ3) is 2.72. The second kappa shape index (κ2) is 5.87. The highest BCUT2D eigenvalue weighted by Gasteiger charge is 2.13. The van der Waals surface area contributed by atoms with Gasteiger partial charge >= 0.3 is 0 Å². The Hall–Kier alpha value is -2.16. The molecule has 0 spiro atoms. The Morgan fingerprint density at radius 1 is 0.900 bits per heavy atom. The van der Waals surface area contributed by atoms with E-state index in [-0.39, 0.29) is 0 Å². The molecule has 0 amide bonds. The summed E-state index contributed by atoms with van der Waals surface area (Å²) < 4.78 is 5.48. The minimum absolute atomic E-state index is 0.772. The van der Waals surface area contributed by atoms with Gasteiger partial charge in [0.2, 0.25) is 0 Å². The summed E-state index contributed by atoms with van der Waals surface area (Å²) in [5.41, 5.74) is 4.51. The SMILES string of the molecule is COc1[c]ccc(N(C)C)c1-c1ccc(N(C)C)cc1. The van der Waals surface area contributed by atoms with Crippen LogP contribution in [0, 0.1) is 6.07 Å². The van der Waals surface area contributed by atoms with Crippen molar-refractivity contribution in [1.29, 1.82) is 0 Å². The highest BCUT2D eigenvalue weighted by atomic mass is 16.5. The van der Waals surface area contributed by atoms with Gasteiger partial charge in [0.05, 0.1) is 7.11 Å². The number of nitrogens with zero attached hydrogens (tertiary/aromatic N) is 2. The molecule has 0 N–H and O–H groups in total. The molecule has 0 saturated carbocycles. The van der Waals surface area contributed by atoms with E-state index in [1.165, 1.54) is 5.69 Å². The van der Waals surface area contributed by atoms with E-state index in [1.807, 2.05) is 34.3 Å². The Labute approximate surface area is 121 Å². The molecule has 3 heteroatoms. The van der Waals surface area contributed by atoms with Gasteiger partial charge in [0.1, 0.15) is 5.75 Å². The third-order valence-corrected chi connectivity index (χ3v) is 3.30. The van der Waals surface area contributed by atoms with Crippen molar-refractivity contribution >= 4 is 11.4 Å². The summed E-state index contributed by atoms with van der Waals surface area (Å²) in [6.45, 7) is 0. The summed E-state index contributed by atoms with van der Waals surface area (Å²) in [5.74, 6) is 0.772. The molecule has 2 rings (SSSR count). The largest absolute Gasteiger partial charge is 0.495 e. The number of hydrogen-bond donors (Lipinski definition) is 0. The summed E-state index contributed by atoms with van der Waals surface area (Å²) in [7, 11) is 9.83. The lowest BCUT2D eigenvalue weighted by Crippen LogP contribution is -2.11. The number of benzene rings is 2. The van der Waals surface area contributed by atoms with Crippen molar-refractivity contribution in [3.05, 3.63) is 42.5 Å². The van der Waals surface area contributed by atoms with Gasteiger partial charge in [-0.05, 0) is 29.8 Å². The van der Waals surface area contributed by atoms with E-state index < -0.39 is 0 Å². The molecule has 0 fully saturated rings. The average Bonchev–Trinajstić information content (AvgIpc) is 2.46. The van der Waals surface area contributed by atoms with Gasteiger partial charge in [-0.15, -0.1) is 0 Å². The Balaban J connectivity index is 2.55. The van der Waals surface area contributed by atoms with Gasteiger partial charge < -0.3 is 14.5 Å². The van der Waals surface area contributed by atoms with Crippen molar-refractivity contribution in [1.82, 2.24) is 0 Å². The second-order valence-electron chi connectivity index (χ2n) is 5.11. The van der Waals surface area contributed by atoms with Crippen LogP contribution in [0.15, 0.2) is 36.4 Å². The normalized spacial score (nSPS) is 10.2. The van der Waals surface area contributed by atoms with E-state index in [0.717, 1.165) is 22.6 Å². The first kappa shape index (κ1) is 14.3. The maximum atomic E-state index is 5.48. The first-order chi connectivity index (χ1) is 9.54. The zero-order valence-corrected chi connectivity index (χ0v) is 12.8. The Bertz CT molecular complexity index is 574. The maximum Gasteiger partial charge on any atom is 0.136 e. The van der Waals surface area contributed by atoms with Crippen LogP contribution in [0.4, 0.5) is 11.4 Å². The molecule has 2 aromatic carbocycles. The van der Waals surface area contributed by atoms with Gasteiger partial charge in [0.25, 0.3) is 0 Å². The highest BCUT2D eigenvalue weighted by Crippen LogP contribution is 2.38. The molecule has 0 aliphatic rings. The molecule has 2 aromatic rings. The predicted molar refractivity (Wildman–Crippen MR) is 85.9 cm³/mol. The topological polar surface area (TPSA) is 15.7 Å². The van der Waals surface area contributed by atoms with Crippen LogP contribution in [-0.4, -0.2) is 35.3 Å². The number of anilines is 2. The van der Waals surface area contributed by atoms with Gasteiger partial charge in [-0.25, -0.2) is 0 Å². The van der Waals surface area contributed by atoms with Crippen molar-refractivity contribution in [3.63, 3.8) is 0 Å². The lowest BCUT2D eigenvalue weighted by atomic mass is 10.0. The van der Waals surface area contributed by atoms with E-state index in [4.69, 9.17) is 4.74 Å². The molecule has 0 aliphatic carbocycles. The van der Waals surface area contributed by atoms with Crippen molar-refractivity contribution < 1.29 is 4.74 Å². The van der Waals surface area contributed by atoms with Crippen LogP contribution in [0.1, 0.15) is 0 Å². The van der Waals surface area contributed by atoms with Crippen LogP contribution < -0.4 is 14.5 Å². The number of rotatable bonds is 4. The van der Waals surface area contributed by atoms with Gasteiger partial charge in [-0.2, -0.15) is 0 Å². The fraction of sp³-hybridized carbons (Fsp3) is 0.294. The highest BCUT2D eigenvalue weighted by molar-refractivity contribution is 5.84. The van der Waals surface area contributed by atoms with Crippen LogP contribution in [0.3, 0.4) is 0 Å². The lowest BCUT2D eigenvalue weighted by molar-refractivity contribution is 0.415. The maximum absolute atomic E-state index is 5.48. The summed E-state index contributed by atoms with van der Waals surface area (Å²) in [6, 6.07) is 15.6. The Morgan fingerprint density at radius 3 is 2.05 bits per heavy atom. The first-order valence-electron chi connectivity index (χ1n) is 6.58. The molecule has 3 nitrogen and oxygen atoms in total. The van der Waals surface area contributed by atoms with E-state index in [1.54, 1.807) is 7.11 Å². The van der Waals surface area contributed by atoms with E-state index >= 15 is 0 Å². The van der Waals surface area contributed by atoms with Crippen molar-refractivity contribution in [2.24, 2.45) is 0 Å². The third-order valence-electron chi connectivity index (χ3n) is 3.30. The standard InChI is InChI=1S/C17H21N2O/c1-18(2)14-11-9-13(10-12-14)17-15(19(3)4)7-6-8-16(17)20-5/h6-7,9-12H,1-5H3. The fourth-order valence-corrected chi connectivity index (χ4v) is 2.21. The summed E-state index contributed by atoms with van der Waals surface area (Å²) in [5, 5.41) is 0. The van der Waals surface area contributed by atoms with Gasteiger partial charge in [-0.3, -0.25) is 0 Å². The molecule has 0 heterocycles. The molecular weight excluding hydrogens is 248 g/mol. The molecule has 0 unspecified atom stereocenters. The second-order valence-corrected chi connectivity index (χ2v) is 5.11. The van der Waals surface area contributed by atoms with E-state index in [9.17, 15) is 0 Å². The molecule has 0 atom stereocenters. The number of methoxy groups -OCH3 is 1. The zero-order chi connectivity index (χ0) is 14.7. The van der Waals surface area contributed by atoms with Crippen LogP contribution in [0.2, 0.25) is 0 Å². The van der Waals surface area contributed by atoms with Gasteiger partial charge in [-0.1, -0.05) is 12.1 Å². The molecule has 105 valence electrons. The smallest absolute Gasteiger partial charge is 0.136 e. The van der Waals surface area contributed by atoms with Crippen molar-refractivity contribution in [3.8, 4) is 16.9 Å². The van der Waals surface area contributed by atoms with Crippen molar-refractivity contribution in [2.45, 2.75) is 0 Å². The minimum atomic E-state index is 0.772. The summed E-state index contributed by atoms with van der Waals surface area (Å²) >= 11 is 0. The number of hydrogen-bond acceptors (Lipinski definition) is 3. The molecule has 1 radical (unpaired) electrons. The average molecular weight is 269 g/mol. The first-order valence-corrected chi connectivity index (χ1v) is 6.58. The fourth-order valence-electron chi connectivity index (χ4n) is 2.21. The Morgan fingerprint density at radius 2 is 1.55 bits per heavy atom. The van der Waals surface area contributed by atoms with Gasteiger partial charge in [0, 0.05) is 51.2 Å². The Kier molecular flexibility index (Phi) is 4.18.